The number of ether oxygens (including phenoxy) is 1. The summed E-state index contributed by atoms with van der Waals surface area (Å²) in [5.74, 6) is -0.855. The minimum absolute atomic E-state index is 0.0323. The maximum absolute atomic E-state index is 12.9. The SMILES string of the molecule is COC(=O)c1cc(C)nc2c1c(=O)nc(SCC(=O)Nc1ccc(C)cc1Cl)n2C1CC1. The number of carbonyl (C=O) groups excluding carboxylic acids is 2. The summed E-state index contributed by atoms with van der Waals surface area (Å²) in [6.07, 6.45) is 1.81. The molecule has 2 heterocycles. The van der Waals surface area contributed by atoms with Gasteiger partial charge >= 0.3 is 5.97 Å². The minimum Gasteiger partial charge on any atom is -0.465 e. The van der Waals surface area contributed by atoms with Gasteiger partial charge in [-0.15, -0.1) is 0 Å². The highest BCUT2D eigenvalue weighted by molar-refractivity contribution is 7.99. The Morgan fingerprint density at radius 1 is 1.25 bits per heavy atom. The third-order valence-electron chi connectivity index (χ3n) is 5.02. The summed E-state index contributed by atoms with van der Waals surface area (Å²) in [5.41, 5.74) is 2.05. The number of thioether (sulfide) groups is 1. The Balaban J connectivity index is 1.67. The molecular weight excluding hydrogens is 452 g/mol. The lowest BCUT2D eigenvalue weighted by Gasteiger charge is -2.16. The molecule has 0 unspecified atom stereocenters. The predicted molar refractivity (Wildman–Crippen MR) is 124 cm³/mol. The van der Waals surface area contributed by atoms with Crippen LogP contribution in [0, 0.1) is 13.8 Å². The molecule has 4 rings (SSSR count). The third kappa shape index (κ3) is 4.49. The first-order chi connectivity index (χ1) is 15.3. The molecule has 1 amide bonds. The van der Waals surface area contributed by atoms with E-state index in [4.69, 9.17) is 16.3 Å². The fourth-order valence-corrected chi connectivity index (χ4v) is 4.54. The monoisotopic (exact) mass is 472 g/mol. The summed E-state index contributed by atoms with van der Waals surface area (Å²) in [5, 5.41) is 3.76. The Morgan fingerprint density at radius 2 is 2.00 bits per heavy atom. The van der Waals surface area contributed by atoms with Crippen LogP contribution in [-0.4, -0.2) is 39.3 Å². The van der Waals surface area contributed by atoms with Gasteiger partial charge in [0.25, 0.3) is 5.56 Å². The minimum atomic E-state index is -0.614. The second kappa shape index (κ2) is 8.91. The number of aryl methyl sites for hydroxylation is 2. The molecule has 8 nitrogen and oxygen atoms in total. The molecule has 0 atom stereocenters. The lowest BCUT2D eigenvalue weighted by atomic mass is 10.1. The first-order valence-electron chi connectivity index (χ1n) is 9.99. The molecule has 32 heavy (non-hydrogen) atoms. The number of aromatic nitrogens is 3. The normalized spacial score (nSPS) is 13.2. The van der Waals surface area contributed by atoms with Crippen molar-refractivity contribution >= 4 is 52.0 Å². The van der Waals surface area contributed by atoms with Crippen LogP contribution in [0.1, 0.15) is 40.5 Å². The topological polar surface area (TPSA) is 103 Å². The number of nitrogens with zero attached hydrogens (tertiary/aromatic N) is 3. The van der Waals surface area contributed by atoms with E-state index < -0.39 is 11.5 Å². The van der Waals surface area contributed by atoms with Crippen molar-refractivity contribution in [3.05, 3.63) is 56.5 Å². The van der Waals surface area contributed by atoms with Crippen molar-refractivity contribution in [2.75, 3.05) is 18.2 Å². The van der Waals surface area contributed by atoms with Gasteiger partial charge in [0.2, 0.25) is 5.91 Å². The van der Waals surface area contributed by atoms with Gasteiger partial charge in [-0.2, -0.15) is 4.98 Å². The Bertz CT molecular complexity index is 1300. The first-order valence-corrected chi connectivity index (χ1v) is 11.4. The molecular formula is C22H21ClN4O4S. The fraction of sp³-hybridized carbons (Fsp3) is 0.318. The summed E-state index contributed by atoms with van der Waals surface area (Å²) >= 11 is 7.34. The molecule has 0 aliphatic heterocycles. The zero-order valence-corrected chi connectivity index (χ0v) is 19.3. The maximum atomic E-state index is 12.9. The highest BCUT2D eigenvalue weighted by Gasteiger charge is 2.30. The first kappa shape index (κ1) is 22.3. The molecule has 0 radical (unpaired) electrons. The van der Waals surface area contributed by atoms with Crippen molar-refractivity contribution in [2.24, 2.45) is 0 Å². The molecule has 0 spiro atoms. The van der Waals surface area contributed by atoms with E-state index in [9.17, 15) is 14.4 Å². The second-order valence-electron chi connectivity index (χ2n) is 7.62. The second-order valence-corrected chi connectivity index (χ2v) is 8.97. The standard InChI is InChI=1S/C22H21ClN4O4S/c1-11-4-7-16(15(23)8-11)25-17(28)10-32-22-26-20(29)18-14(21(30)31-3)9-12(2)24-19(18)27(22)13-5-6-13/h4,7-9,13H,5-6,10H2,1-3H3,(H,25,28). The Labute approximate surface area is 193 Å². The van der Waals surface area contributed by atoms with E-state index in [1.807, 2.05) is 17.6 Å². The maximum Gasteiger partial charge on any atom is 0.338 e. The number of fused-ring (bicyclic) bond motifs is 1. The summed E-state index contributed by atoms with van der Waals surface area (Å²) in [7, 11) is 1.26. The van der Waals surface area contributed by atoms with E-state index in [1.54, 1.807) is 19.1 Å². The van der Waals surface area contributed by atoms with Crippen LogP contribution in [0.4, 0.5) is 5.69 Å². The number of benzene rings is 1. The zero-order valence-electron chi connectivity index (χ0n) is 17.8. The zero-order chi connectivity index (χ0) is 23.0. The van der Waals surface area contributed by atoms with Gasteiger partial charge in [0, 0.05) is 11.7 Å². The highest BCUT2D eigenvalue weighted by atomic mass is 35.5. The average molecular weight is 473 g/mol. The third-order valence-corrected chi connectivity index (χ3v) is 6.29. The van der Waals surface area contributed by atoms with E-state index in [0.29, 0.717) is 27.2 Å². The predicted octanol–water partition coefficient (Wildman–Crippen LogP) is 3.91. The van der Waals surface area contributed by atoms with Crippen LogP contribution in [0.2, 0.25) is 5.02 Å². The van der Waals surface area contributed by atoms with Gasteiger partial charge in [0.1, 0.15) is 5.65 Å². The lowest BCUT2D eigenvalue weighted by Crippen LogP contribution is -2.21. The summed E-state index contributed by atoms with van der Waals surface area (Å²) < 4.78 is 6.70. The molecule has 10 heteroatoms. The number of pyridine rings is 1. The summed E-state index contributed by atoms with van der Waals surface area (Å²) in [6, 6.07) is 7.02. The van der Waals surface area contributed by atoms with E-state index in [-0.39, 0.29) is 28.7 Å². The molecule has 1 N–H and O–H groups in total. The van der Waals surface area contributed by atoms with Gasteiger partial charge in [0.05, 0.1) is 34.5 Å². The van der Waals surface area contributed by atoms with Crippen LogP contribution in [0.5, 0.6) is 0 Å². The largest absolute Gasteiger partial charge is 0.465 e. The molecule has 1 aromatic carbocycles. The number of methoxy groups -OCH3 is 1. The van der Waals surface area contributed by atoms with E-state index in [2.05, 4.69) is 15.3 Å². The Hall–Kier alpha value is -2.91. The van der Waals surface area contributed by atoms with Crippen LogP contribution >= 0.6 is 23.4 Å². The molecule has 0 saturated heterocycles. The van der Waals surface area contributed by atoms with Crippen molar-refractivity contribution in [3.8, 4) is 0 Å². The molecule has 1 fully saturated rings. The van der Waals surface area contributed by atoms with Gasteiger partial charge in [-0.25, -0.2) is 9.78 Å². The van der Waals surface area contributed by atoms with Gasteiger partial charge in [0.15, 0.2) is 5.16 Å². The molecule has 2 aromatic heterocycles. The molecule has 3 aromatic rings. The van der Waals surface area contributed by atoms with Crippen LogP contribution in [0.15, 0.2) is 34.2 Å². The quantitative estimate of drug-likeness (QED) is 0.329. The number of amides is 1. The smallest absolute Gasteiger partial charge is 0.338 e. The van der Waals surface area contributed by atoms with Crippen molar-refractivity contribution in [1.82, 2.24) is 14.5 Å². The molecule has 1 saturated carbocycles. The number of hydrogen-bond acceptors (Lipinski definition) is 7. The van der Waals surface area contributed by atoms with Crippen LogP contribution in [-0.2, 0) is 9.53 Å². The lowest BCUT2D eigenvalue weighted by molar-refractivity contribution is -0.113. The van der Waals surface area contributed by atoms with Gasteiger partial charge in [-0.05, 0) is 50.5 Å². The van der Waals surface area contributed by atoms with Gasteiger partial charge in [-0.1, -0.05) is 29.4 Å². The Kier molecular flexibility index (Phi) is 6.21. The molecule has 0 bridgehead atoms. The van der Waals surface area contributed by atoms with Crippen molar-refractivity contribution in [3.63, 3.8) is 0 Å². The number of esters is 1. The number of carbonyl (C=O) groups is 2. The van der Waals surface area contributed by atoms with Gasteiger partial charge < -0.3 is 14.6 Å². The van der Waals surface area contributed by atoms with Crippen LogP contribution in [0.3, 0.4) is 0 Å². The summed E-state index contributed by atoms with van der Waals surface area (Å²) in [6.45, 7) is 3.66. The van der Waals surface area contributed by atoms with Crippen molar-refractivity contribution in [1.29, 1.82) is 0 Å². The number of nitrogens with one attached hydrogen (secondary N) is 1. The fourth-order valence-electron chi connectivity index (χ4n) is 3.40. The number of hydrogen-bond donors (Lipinski definition) is 1. The Morgan fingerprint density at radius 3 is 2.66 bits per heavy atom. The molecule has 1 aliphatic rings. The molecule has 166 valence electrons. The molecule has 1 aliphatic carbocycles. The van der Waals surface area contributed by atoms with E-state index >= 15 is 0 Å². The van der Waals surface area contributed by atoms with Gasteiger partial charge in [-0.3, -0.25) is 9.59 Å². The van der Waals surface area contributed by atoms with Crippen molar-refractivity contribution in [2.45, 2.75) is 37.9 Å². The van der Waals surface area contributed by atoms with Crippen LogP contribution < -0.4 is 10.9 Å². The van der Waals surface area contributed by atoms with Crippen LogP contribution in [0.25, 0.3) is 11.0 Å². The number of rotatable bonds is 6. The van der Waals surface area contributed by atoms with E-state index in [0.717, 1.165) is 30.2 Å². The number of anilines is 1. The summed E-state index contributed by atoms with van der Waals surface area (Å²) in [4.78, 5) is 46.4. The average Bonchev–Trinajstić information content (AvgIpc) is 3.58. The van der Waals surface area contributed by atoms with E-state index in [1.165, 1.54) is 13.2 Å². The number of halogens is 1. The van der Waals surface area contributed by atoms with Crippen molar-refractivity contribution < 1.29 is 14.3 Å². The highest BCUT2D eigenvalue weighted by Crippen LogP contribution is 2.39.